The van der Waals surface area contributed by atoms with Crippen molar-refractivity contribution in [1.29, 1.82) is 0 Å². The summed E-state index contributed by atoms with van der Waals surface area (Å²) in [5.41, 5.74) is 0.966. The first-order chi connectivity index (χ1) is 17.3. The number of hydrogen-bond donors (Lipinski definition) is 1. The van der Waals surface area contributed by atoms with Gasteiger partial charge in [0.1, 0.15) is 6.04 Å². The van der Waals surface area contributed by atoms with Crippen molar-refractivity contribution in [3.8, 4) is 0 Å². The van der Waals surface area contributed by atoms with E-state index in [0.29, 0.717) is 37.5 Å². The second-order valence-corrected chi connectivity index (χ2v) is 11.5. The molecule has 188 valence electrons. The zero-order valence-electron chi connectivity index (χ0n) is 19.6. The predicted octanol–water partition coefficient (Wildman–Crippen LogP) is 3.17. The first kappa shape index (κ1) is 24.7. The van der Waals surface area contributed by atoms with Crippen molar-refractivity contribution in [2.45, 2.75) is 36.1 Å². The van der Waals surface area contributed by atoms with Gasteiger partial charge in [0, 0.05) is 42.5 Å². The maximum Gasteiger partial charge on any atom is 0.242 e. The standard InChI is InChI=1S/C26H27ClN4O4S/c27-21-8-6-19-15-22(9-7-18(19)14-21)36(34,35)29-24-5-3-12-31(26(24)33)17-25(32)30-13-10-20(16-30)23-4-1-2-11-28-23/h1-2,4,6-9,11,14-15,20,24,29H,3,5,10,12-13,16-17H2. The molecule has 2 aliphatic heterocycles. The molecule has 2 unspecified atom stereocenters. The number of hydrogen-bond acceptors (Lipinski definition) is 5. The van der Waals surface area contributed by atoms with Crippen molar-refractivity contribution < 1.29 is 18.0 Å². The van der Waals surface area contributed by atoms with Crippen molar-refractivity contribution in [3.05, 3.63) is 71.5 Å². The Morgan fingerprint density at radius 2 is 1.86 bits per heavy atom. The van der Waals surface area contributed by atoms with Gasteiger partial charge >= 0.3 is 0 Å². The number of aromatic nitrogens is 1. The number of fused-ring (bicyclic) bond motifs is 1. The van der Waals surface area contributed by atoms with Crippen molar-refractivity contribution in [3.63, 3.8) is 0 Å². The number of rotatable bonds is 6. The molecule has 1 aromatic heterocycles. The number of carbonyl (C=O) groups excluding carboxylic acids is 2. The van der Waals surface area contributed by atoms with Gasteiger partial charge in [0.25, 0.3) is 0 Å². The van der Waals surface area contributed by atoms with Crippen LogP contribution in [0.25, 0.3) is 10.8 Å². The zero-order chi connectivity index (χ0) is 25.3. The van der Waals surface area contributed by atoms with Gasteiger partial charge in [-0.05, 0) is 66.4 Å². The molecular formula is C26H27ClN4O4S. The van der Waals surface area contributed by atoms with E-state index in [1.165, 1.54) is 11.0 Å². The molecule has 2 saturated heterocycles. The fourth-order valence-corrected chi connectivity index (χ4v) is 6.37. The van der Waals surface area contributed by atoms with Gasteiger partial charge in [0.2, 0.25) is 21.8 Å². The molecule has 0 aliphatic carbocycles. The number of nitrogens with zero attached hydrogens (tertiary/aromatic N) is 3. The summed E-state index contributed by atoms with van der Waals surface area (Å²) < 4.78 is 28.7. The lowest BCUT2D eigenvalue weighted by atomic mass is 10.0. The minimum atomic E-state index is -3.93. The third-order valence-corrected chi connectivity index (χ3v) is 8.59. The van der Waals surface area contributed by atoms with E-state index in [0.717, 1.165) is 22.9 Å². The maximum absolute atomic E-state index is 13.1. The molecule has 2 amide bonds. The van der Waals surface area contributed by atoms with E-state index in [1.54, 1.807) is 41.4 Å². The number of pyridine rings is 1. The highest BCUT2D eigenvalue weighted by atomic mass is 35.5. The number of nitrogens with one attached hydrogen (secondary N) is 1. The Bertz CT molecular complexity index is 1400. The van der Waals surface area contributed by atoms with Crippen LogP contribution < -0.4 is 4.72 Å². The maximum atomic E-state index is 13.1. The van der Waals surface area contributed by atoms with Crippen LogP contribution >= 0.6 is 11.6 Å². The molecule has 0 bridgehead atoms. The van der Waals surface area contributed by atoms with E-state index < -0.39 is 16.1 Å². The lowest BCUT2D eigenvalue weighted by Gasteiger charge is -2.33. The van der Waals surface area contributed by atoms with Gasteiger partial charge in [0.05, 0.1) is 11.4 Å². The van der Waals surface area contributed by atoms with Gasteiger partial charge < -0.3 is 9.80 Å². The zero-order valence-corrected chi connectivity index (χ0v) is 21.2. The second-order valence-electron chi connectivity index (χ2n) is 9.31. The number of likely N-dealkylation sites (tertiary alicyclic amines) is 2. The van der Waals surface area contributed by atoms with Crippen LogP contribution in [0.5, 0.6) is 0 Å². The number of carbonyl (C=O) groups is 2. The van der Waals surface area contributed by atoms with Crippen LogP contribution in [0, 0.1) is 0 Å². The molecule has 0 radical (unpaired) electrons. The number of halogens is 1. The molecule has 3 aromatic rings. The Morgan fingerprint density at radius 3 is 2.67 bits per heavy atom. The summed E-state index contributed by atoms with van der Waals surface area (Å²) in [6.45, 7) is 1.56. The summed E-state index contributed by atoms with van der Waals surface area (Å²) in [5, 5.41) is 2.13. The normalized spacial score (nSPS) is 20.8. The minimum absolute atomic E-state index is 0.0528. The van der Waals surface area contributed by atoms with Crippen LogP contribution in [-0.4, -0.2) is 67.2 Å². The van der Waals surface area contributed by atoms with Gasteiger partial charge in [-0.25, -0.2) is 8.42 Å². The average Bonchev–Trinajstić information content (AvgIpc) is 3.37. The van der Waals surface area contributed by atoms with Crippen LogP contribution in [0.15, 0.2) is 65.7 Å². The predicted molar refractivity (Wildman–Crippen MR) is 137 cm³/mol. The number of benzene rings is 2. The first-order valence-corrected chi connectivity index (χ1v) is 13.9. The van der Waals surface area contributed by atoms with E-state index in [9.17, 15) is 18.0 Å². The number of amides is 2. The Hall–Kier alpha value is -3.01. The fourth-order valence-electron chi connectivity index (χ4n) is 4.93. The molecule has 2 fully saturated rings. The van der Waals surface area contributed by atoms with Crippen molar-refractivity contribution >= 4 is 44.2 Å². The SMILES string of the molecule is O=C(CN1CCCC(NS(=O)(=O)c2ccc3cc(Cl)ccc3c2)C1=O)N1CCC(c2ccccn2)C1. The highest BCUT2D eigenvalue weighted by Gasteiger charge is 2.35. The third kappa shape index (κ3) is 5.23. The summed E-state index contributed by atoms with van der Waals surface area (Å²) in [6, 6.07) is 14.8. The Morgan fingerprint density at radius 1 is 1.06 bits per heavy atom. The molecule has 8 nitrogen and oxygen atoms in total. The van der Waals surface area contributed by atoms with Crippen LogP contribution in [0.1, 0.15) is 30.9 Å². The molecule has 0 saturated carbocycles. The Kier molecular flexibility index (Phi) is 6.96. The van der Waals surface area contributed by atoms with E-state index in [4.69, 9.17) is 11.6 Å². The van der Waals surface area contributed by atoms with Crippen LogP contribution in [0.2, 0.25) is 5.02 Å². The van der Waals surface area contributed by atoms with E-state index in [-0.39, 0.29) is 29.2 Å². The lowest BCUT2D eigenvalue weighted by Crippen LogP contribution is -2.54. The smallest absolute Gasteiger partial charge is 0.242 e. The topological polar surface area (TPSA) is 99.7 Å². The minimum Gasteiger partial charge on any atom is -0.340 e. The largest absolute Gasteiger partial charge is 0.340 e. The quantitative estimate of drug-likeness (QED) is 0.532. The molecule has 36 heavy (non-hydrogen) atoms. The van der Waals surface area contributed by atoms with Crippen molar-refractivity contribution in [2.75, 3.05) is 26.2 Å². The van der Waals surface area contributed by atoms with E-state index >= 15 is 0 Å². The summed E-state index contributed by atoms with van der Waals surface area (Å²) in [7, 11) is -3.93. The van der Waals surface area contributed by atoms with Crippen molar-refractivity contribution in [1.82, 2.24) is 19.5 Å². The number of sulfonamides is 1. The second kappa shape index (κ2) is 10.2. The molecule has 10 heteroatoms. The van der Waals surface area contributed by atoms with E-state index in [1.807, 2.05) is 18.2 Å². The fraction of sp³-hybridized carbons (Fsp3) is 0.346. The van der Waals surface area contributed by atoms with Crippen molar-refractivity contribution in [2.24, 2.45) is 0 Å². The highest BCUT2D eigenvalue weighted by molar-refractivity contribution is 7.89. The van der Waals surface area contributed by atoms with Crippen LogP contribution in [-0.2, 0) is 19.6 Å². The summed E-state index contributed by atoms with van der Waals surface area (Å²) in [6.07, 6.45) is 3.58. The Labute approximate surface area is 215 Å². The molecule has 0 spiro atoms. The summed E-state index contributed by atoms with van der Waals surface area (Å²) in [5.74, 6) is -0.311. The summed E-state index contributed by atoms with van der Waals surface area (Å²) in [4.78, 5) is 33.8. The van der Waals surface area contributed by atoms with Crippen LogP contribution in [0.4, 0.5) is 0 Å². The van der Waals surface area contributed by atoms with Gasteiger partial charge in [-0.3, -0.25) is 14.6 Å². The molecular weight excluding hydrogens is 500 g/mol. The van der Waals surface area contributed by atoms with Gasteiger partial charge in [-0.2, -0.15) is 4.72 Å². The molecule has 2 aliphatic rings. The average molecular weight is 527 g/mol. The summed E-state index contributed by atoms with van der Waals surface area (Å²) >= 11 is 6.02. The number of piperidine rings is 1. The van der Waals surface area contributed by atoms with Gasteiger partial charge in [0.15, 0.2) is 0 Å². The van der Waals surface area contributed by atoms with Gasteiger partial charge in [-0.1, -0.05) is 29.8 Å². The monoisotopic (exact) mass is 526 g/mol. The molecule has 2 aromatic carbocycles. The molecule has 5 rings (SSSR count). The lowest BCUT2D eigenvalue weighted by molar-refractivity contribution is -0.142. The molecule has 1 N–H and O–H groups in total. The highest BCUT2D eigenvalue weighted by Crippen LogP contribution is 2.26. The van der Waals surface area contributed by atoms with Crippen LogP contribution in [0.3, 0.4) is 0 Å². The molecule has 2 atom stereocenters. The van der Waals surface area contributed by atoms with E-state index in [2.05, 4.69) is 9.71 Å². The van der Waals surface area contributed by atoms with Gasteiger partial charge in [-0.15, -0.1) is 0 Å². The Balaban J connectivity index is 1.23. The molecule has 3 heterocycles. The first-order valence-electron chi connectivity index (χ1n) is 12.0. The third-order valence-electron chi connectivity index (χ3n) is 6.89.